The van der Waals surface area contributed by atoms with E-state index < -0.39 is 0 Å². The predicted molar refractivity (Wildman–Crippen MR) is 70.2 cm³/mol. The van der Waals surface area contributed by atoms with Gasteiger partial charge in [0.2, 0.25) is 5.88 Å². The molecule has 0 saturated carbocycles. The van der Waals surface area contributed by atoms with Gasteiger partial charge in [-0.1, -0.05) is 6.92 Å². The van der Waals surface area contributed by atoms with Gasteiger partial charge < -0.3 is 15.8 Å². The third kappa shape index (κ3) is 3.76. The largest absolute Gasteiger partial charge is 0.473 e. The van der Waals surface area contributed by atoms with Gasteiger partial charge in [0.05, 0.1) is 6.10 Å². The van der Waals surface area contributed by atoms with Crippen LogP contribution in [0, 0.1) is 0 Å². The minimum atomic E-state index is -0.0580. The van der Waals surface area contributed by atoms with Crippen LogP contribution in [-0.2, 0) is 0 Å². The summed E-state index contributed by atoms with van der Waals surface area (Å²) in [5, 5.41) is 3.29. The lowest BCUT2D eigenvalue weighted by molar-refractivity contribution is 0.234. The highest BCUT2D eigenvalue weighted by Crippen LogP contribution is 2.28. The molecule has 96 valence electrons. The van der Waals surface area contributed by atoms with Crippen LogP contribution in [0.25, 0.3) is 0 Å². The number of rotatable bonds is 5. The van der Waals surface area contributed by atoms with Crippen molar-refractivity contribution in [2.45, 2.75) is 52.7 Å². The van der Waals surface area contributed by atoms with Crippen molar-refractivity contribution in [3.63, 3.8) is 0 Å². The second-order valence-electron chi connectivity index (χ2n) is 4.97. The van der Waals surface area contributed by atoms with Crippen molar-refractivity contribution in [2.75, 3.05) is 11.1 Å². The van der Waals surface area contributed by atoms with Crippen LogP contribution in [0.3, 0.4) is 0 Å². The maximum atomic E-state index is 5.98. The van der Waals surface area contributed by atoms with Gasteiger partial charge >= 0.3 is 0 Å². The highest BCUT2D eigenvalue weighted by molar-refractivity contribution is 5.67. The molecule has 3 N–H and O–H groups in total. The van der Waals surface area contributed by atoms with E-state index in [4.69, 9.17) is 10.5 Å². The molecule has 0 atom stereocenters. The van der Waals surface area contributed by atoms with Crippen molar-refractivity contribution in [1.29, 1.82) is 0 Å². The lowest BCUT2D eigenvalue weighted by Gasteiger charge is -2.26. The highest BCUT2D eigenvalue weighted by atomic mass is 16.5. The number of nitrogens with one attached hydrogen (secondary N) is 1. The van der Waals surface area contributed by atoms with Crippen LogP contribution >= 0.6 is 0 Å². The van der Waals surface area contributed by atoms with Crippen LogP contribution in [0.4, 0.5) is 11.5 Å². The SMILES string of the molecule is CCC(C)(C)Nc1ncnc(OC(C)C)c1N. The third-order valence-electron chi connectivity index (χ3n) is 2.54. The average molecular weight is 238 g/mol. The van der Waals surface area contributed by atoms with E-state index in [0.717, 1.165) is 6.42 Å². The molecule has 1 aromatic rings. The molecule has 0 radical (unpaired) electrons. The molecule has 5 nitrogen and oxygen atoms in total. The fraction of sp³-hybridized carbons (Fsp3) is 0.667. The molecule has 0 aromatic carbocycles. The summed E-state index contributed by atoms with van der Waals surface area (Å²) in [4.78, 5) is 8.19. The molecule has 1 aromatic heterocycles. The Labute approximate surface area is 103 Å². The van der Waals surface area contributed by atoms with Crippen molar-refractivity contribution in [1.82, 2.24) is 9.97 Å². The first kappa shape index (κ1) is 13.5. The topological polar surface area (TPSA) is 73.1 Å². The monoisotopic (exact) mass is 238 g/mol. The Morgan fingerprint density at radius 1 is 1.41 bits per heavy atom. The first-order valence-corrected chi connectivity index (χ1v) is 5.91. The van der Waals surface area contributed by atoms with E-state index in [1.807, 2.05) is 13.8 Å². The number of hydrogen-bond acceptors (Lipinski definition) is 5. The Morgan fingerprint density at radius 2 is 2.06 bits per heavy atom. The molecule has 0 aliphatic heterocycles. The number of ether oxygens (including phenoxy) is 1. The summed E-state index contributed by atoms with van der Waals surface area (Å²) in [5.41, 5.74) is 6.38. The predicted octanol–water partition coefficient (Wildman–Crippen LogP) is 2.45. The van der Waals surface area contributed by atoms with Crippen molar-refractivity contribution < 1.29 is 4.74 Å². The molecule has 0 aliphatic carbocycles. The van der Waals surface area contributed by atoms with E-state index in [-0.39, 0.29) is 11.6 Å². The van der Waals surface area contributed by atoms with E-state index >= 15 is 0 Å². The molecule has 0 fully saturated rings. The molecule has 0 unspecified atom stereocenters. The Balaban J connectivity index is 2.94. The fourth-order valence-electron chi connectivity index (χ4n) is 1.21. The van der Waals surface area contributed by atoms with Crippen molar-refractivity contribution in [3.8, 4) is 5.88 Å². The molecule has 0 amide bonds. The number of hydrogen-bond donors (Lipinski definition) is 2. The molecule has 1 heterocycles. The Hall–Kier alpha value is -1.52. The minimum Gasteiger partial charge on any atom is -0.473 e. The number of nitrogens with zero attached hydrogens (tertiary/aromatic N) is 2. The lowest BCUT2D eigenvalue weighted by Crippen LogP contribution is -2.30. The first-order chi connectivity index (χ1) is 7.85. The first-order valence-electron chi connectivity index (χ1n) is 5.91. The number of aromatic nitrogens is 2. The van der Waals surface area contributed by atoms with E-state index in [2.05, 4.69) is 36.1 Å². The van der Waals surface area contributed by atoms with Crippen LogP contribution in [0.1, 0.15) is 41.0 Å². The smallest absolute Gasteiger partial charge is 0.242 e. The Bertz CT molecular complexity index is 377. The zero-order chi connectivity index (χ0) is 13.1. The second-order valence-corrected chi connectivity index (χ2v) is 4.97. The van der Waals surface area contributed by atoms with Crippen LogP contribution in [0.2, 0.25) is 0 Å². The molecule has 0 bridgehead atoms. The molecule has 1 rings (SSSR count). The van der Waals surface area contributed by atoms with Crippen LogP contribution < -0.4 is 15.8 Å². The molecule has 0 spiro atoms. The maximum absolute atomic E-state index is 5.98. The quantitative estimate of drug-likeness (QED) is 0.824. The van der Waals surface area contributed by atoms with Crippen LogP contribution in [-0.4, -0.2) is 21.6 Å². The normalized spacial score (nSPS) is 11.6. The zero-order valence-corrected chi connectivity index (χ0v) is 11.2. The van der Waals surface area contributed by atoms with Crippen molar-refractivity contribution >= 4 is 11.5 Å². The van der Waals surface area contributed by atoms with Crippen LogP contribution in [0.5, 0.6) is 5.88 Å². The molecule has 0 aliphatic rings. The molecular formula is C12H22N4O. The van der Waals surface area contributed by atoms with Gasteiger partial charge in [-0.15, -0.1) is 0 Å². The van der Waals surface area contributed by atoms with Gasteiger partial charge in [0.1, 0.15) is 12.0 Å². The summed E-state index contributed by atoms with van der Waals surface area (Å²) in [7, 11) is 0. The number of anilines is 2. The number of nitrogens with two attached hydrogens (primary N) is 1. The third-order valence-corrected chi connectivity index (χ3v) is 2.54. The highest BCUT2D eigenvalue weighted by Gasteiger charge is 2.18. The molecule has 17 heavy (non-hydrogen) atoms. The van der Waals surface area contributed by atoms with Crippen LogP contribution in [0.15, 0.2) is 6.33 Å². The lowest BCUT2D eigenvalue weighted by atomic mass is 10.0. The Kier molecular flexibility index (Phi) is 4.15. The summed E-state index contributed by atoms with van der Waals surface area (Å²) < 4.78 is 5.52. The maximum Gasteiger partial charge on any atom is 0.242 e. The van der Waals surface area contributed by atoms with Gasteiger partial charge in [0.25, 0.3) is 0 Å². The van der Waals surface area contributed by atoms with Gasteiger partial charge in [-0.25, -0.2) is 4.98 Å². The van der Waals surface area contributed by atoms with E-state index in [1.54, 1.807) is 0 Å². The van der Waals surface area contributed by atoms with Gasteiger partial charge in [-0.05, 0) is 34.1 Å². The molecule has 0 saturated heterocycles. The standard InChI is InChI=1S/C12H22N4O/c1-6-12(4,5)16-10-9(13)11(15-7-14-10)17-8(2)3/h7-8H,6,13H2,1-5H3,(H,14,15,16). The minimum absolute atomic E-state index is 0.0410. The summed E-state index contributed by atoms with van der Waals surface area (Å²) in [6.45, 7) is 10.2. The summed E-state index contributed by atoms with van der Waals surface area (Å²) in [6, 6.07) is 0. The van der Waals surface area contributed by atoms with Gasteiger partial charge in [0.15, 0.2) is 5.82 Å². The summed E-state index contributed by atoms with van der Waals surface area (Å²) in [6.07, 6.45) is 2.47. The Morgan fingerprint density at radius 3 is 2.59 bits per heavy atom. The molecular weight excluding hydrogens is 216 g/mol. The number of nitrogen functional groups attached to an aromatic ring is 1. The van der Waals surface area contributed by atoms with Gasteiger partial charge in [-0.3, -0.25) is 0 Å². The van der Waals surface area contributed by atoms with Gasteiger partial charge in [-0.2, -0.15) is 4.98 Å². The van der Waals surface area contributed by atoms with Crippen molar-refractivity contribution in [2.24, 2.45) is 0 Å². The summed E-state index contributed by atoms with van der Waals surface area (Å²) in [5.74, 6) is 1.06. The van der Waals surface area contributed by atoms with E-state index in [0.29, 0.717) is 17.4 Å². The fourth-order valence-corrected chi connectivity index (χ4v) is 1.21. The molecule has 5 heteroatoms. The second kappa shape index (κ2) is 5.21. The summed E-state index contributed by atoms with van der Waals surface area (Å²) >= 11 is 0. The van der Waals surface area contributed by atoms with E-state index in [1.165, 1.54) is 6.33 Å². The average Bonchev–Trinajstić information content (AvgIpc) is 2.23. The zero-order valence-electron chi connectivity index (χ0n) is 11.2. The van der Waals surface area contributed by atoms with Gasteiger partial charge in [0, 0.05) is 5.54 Å². The van der Waals surface area contributed by atoms with Crippen molar-refractivity contribution in [3.05, 3.63) is 6.33 Å². The van der Waals surface area contributed by atoms with E-state index in [9.17, 15) is 0 Å².